The van der Waals surface area contributed by atoms with Crippen LogP contribution in [0, 0.1) is 0 Å². The average molecular weight is 546 g/mol. The molecule has 1 aromatic heterocycles. The van der Waals surface area contributed by atoms with Gasteiger partial charge in [0.1, 0.15) is 17.2 Å². The Bertz CT molecular complexity index is 1230. The van der Waals surface area contributed by atoms with E-state index in [0.29, 0.717) is 43.0 Å². The predicted molar refractivity (Wildman–Crippen MR) is 146 cm³/mol. The zero-order chi connectivity index (χ0) is 26.3. The van der Waals surface area contributed by atoms with E-state index in [1.807, 2.05) is 37.3 Å². The van der Waals surface area contributed by atoms with E-state index in [1.165, 1.54) is 11.3 Å². The topological polar surface area (TPSA) is 118 Å². The third-order valence-corrected chi connectivity index (χ3v) is 9.22. The van der Waals surface area contributed by atoms with E-state index in [0.717, 1.165) is 16.6 Å². The zero-order valence-corrected chi connectivity index (χ0v) is 22.6. The van der Waals surface area contributed by atoms with Gasteiger partial charge in [-0.1, -0.05) is 55.8 Å². The number of benzene rings is 2. The summed E-state index contributed by atoms with van der Waals surface area (Å²) >= 11 is 1.40. The molecule has 1 fully saturated rings. The maximum Gasteiger partial charge on any atom is 0.238 e. The summed E-state index contributed by atoms with van der Waals surface area (Å²) in [7, 11) is -3.59. The molecule has 0 saturated carbocycles. The van der Waals surface area contributed by atoms with E-state index in [9.17, 15) is 18.3 Å². The minimum absolute atomic E-state index is 0.0183. The van der Waals surface area contributed by atoms with Gasteiger partial charge in [-0.25, -0.2) is 13.4 Å². The molecule has 0 radical (unpaired) electrons. The summed E-state index contributed by atoms with van der Waals surface area (Å²) in [6.45, 7) is 3.11. The first kappa shape index (κ1) is 27.7. The lowest BCUT2D eigenvalue weighted by atomic mass is 10.0. The highest BCUT2D eigenvalue weighted by molar-refractivity contribution is 7.90. The molecular formula is C27H35N3O5S2. The van der Waals surface area contributed by atoms with Crippen LogP contribution >= 0.6 is 11.3 Å². The predicted octanol–water partition coefficient (Wildman–Crippen LogP) is 3.37. The molecule has 0 spiro atoms. The van der Waals surface area contributed by atoms with Gasteiger partial charge in [-0.05, 0) is 37.0 Å². The summed E-state index contributed by atoms with van der Waals surface area (Å²) in [5.41, 5.74) is 1.48. The Hall–Kier alpha value is -2.37. The number of nitrogens with zero attached hydrogens (tertiary/aromatic N) is 1. The van der Waals surface area contributed by atoms with E-state index in [1.54, 1.807) is 24.3 Å². The molecular weight excluding hydrogens is 510 g/mol. The van der Waals surface area contributed by atoms with Crippen molar-refractivity contribution in [3.63, 3.8) is 0 Å². The molecule has 1 aliphatic rings. The number of hydrogen-bond donors (Lipinski definition) is 3. The number of aromatic nitrogens is 1. The molecule has 10 heteroatoms. The molecule has 2 heterocycles. The number of aliphatic hydroxyl groups is 1. The molecule has 3 atom stereocenters. The molecule has 4 rings (SSSR count). The van der Waals surface area contributed by atoms with Gasteiger partial charge in [0.2, 0.25) is 5.91 Å². The highest BCUT2D eigenvalue weighted by atomic mass is 32.2. The number of hydrogen-bond acceptors (Lipinski definition) is 8. The van der Waals surface area contributed by atoms with Gasteiger partial charge < -0.3 is 20.5 Å². The Morgan fingerprint density at radius 3 is 2.54 bits per heavy atom. The second kappa shape index (κ2) is 12.9. The Morgan fingerprint density at radius 2 is 1.84 bits per heavy atom. The summed E-state index contributed by atoms with van der Waals surface area (Å²) in [5, 5.41) is 17.9. The van der Waals surface area contributed by atoms with Crippen LogP contribution in [0.3, 0.4) is 0 Å². The van der Waals surface area contributed by atoms with Crippen LogP contribution in [0.5, 0.6) is 0 Å². The fraction of sp³-hybridized carbons (Fsp3) is 0.481. The van der Waals surface area contributed by atoms with Crippen molar-refractivity contribution in [2.75, 3.05) is 19.0 Å². The highest BCUT2D eigenvalue weighted by Gasteiger charge is 2.32. The molecule has 3 N–H and O–H groups in total. The molecule has 37 heavy (non-hydrogen) atoms. The lowest BCUT2D eigenvalue weighted by Crippen LogP contribution is -2.55. The number of para-hydroxylation sites is 1. The quantitative estimate of drug-likeness (QED) is 0.319. The average Bonchev–Trinajstić information content (AvgIpc) is 3.33. The summed E-state index contributed by atoms with van der Waals surface area (Å²) in [6.07, 6.45) is 1.68. The second-order valence-corrected chi connectivity index (χ2v) is 12.7. The number of ether oxygens (including phenoxy) is 1. The summed E-state index contributed by atoms with van der Waals surface area (Å²) in [6, 6.07) is 15.1. The molecule has 2 aromatic carbocycles. The zero-order valence-electron chi connectivity index (χ0n) is 21.0. The van der Waals surface area contributed by atoms with E-state index in [4.69, 9.17) is 4.74 Å². The number of carbonyl (C=O) groups excluding carboxylic acids is 1. The largest absolute Gasteiger partial charge is 0.384 e. The van der Waals surface area contributed by atoms with E-state index in [2.05, 4.69) is 15.6 Å². The fourth-order valence-corrected chi connectivity index (χ4v) is 7.17. The van der Waals surface area contributed by atoms with Gasteiger partial charge in [-0.3, -0.25) is 4.79 Å². The first-order valence-corrected chi connectivity index (χ1v) is 15.4. The van der Waals surface area contributed by atoms with Crippen LogP contribution < -0.4 is 10.6 Å². The Kier molecular flexibility index (Phi) is 9.66. The fourth-order valence-electron chi connectivity index (χ4n) is 4.58. The number of rotatable bonds is 12. The monoisotopic (exact) mass is 545 g/mol. The van der Waals surface area contributed by atoms with Crippen LogP contribution in [0.15, 0.2) is 54.6 Å². The molecule has 0 aliphatic carbocycles. The van der Waals surface area contributed by atoms with Crippen molar-refractivity contribution in [2.45, 2.75) is 62.6 Å². The number of aliphatic hydroxyl groups excluding tert-OH is 1. The van der Waals surface area contributed by atoms with Crippen LogP contribution in [-0.4, -0.2) is 61.5 Å². The molecule has 2 unspecified atom stereocenters. The molecule has 1 amide bonds. The van der Waals surface area contributed by atoms with Gasteiger partial charge in [0.05, 0.1) is 27.8 Å². The number of carbonyl (C=O) groups is 1. The molecule has 3 aromatic rings. The van der Waals surface area contributed by atoms with Crippen molar-refractivity contribution < 1.29 is 23.1 Å². The van der Waals surface area contributed by atoms with E-state index in [-0.39, 0.29) is 17.5 Å². The van der Waals surface area contributed by atoms with Crippen LogP contribution in [0.2, 0.25) is 0 Å². The third-order valence-electron chi connectivity index (χ3n) is 6.50. The third kappa shape index (κ3) is 7.81. The summed E-state index contributed by atoms with van der Waals surface area (Å²) in [4.78, 5) is 18.1. The second-order valence-electron chi connectivity index (χ2n) is 9.51. The van der Waals surface area contributed by atoms with Crippen LogP contribution in [-0.2, 0) is 25.1 Å². The number of amides is 1. The molecule has 0 bridgehead atoms. The van der Waals surface area contributed by atoms with Crippen molar-refractivity contribution >= 4 is 37.3 Å². The molecule has 200 valence electrons. The van der Waals surface area contributed by atoms with Gasteiger partial charge in [-0.2, -0.15) is 0 Å². The normalized spacial score (nSPS) is 17.4. The Labute approximate surface area is 222 Å². The smallest absolute Gasteiger partial charge is 0.238 e. The summed E-state index contributed by atoms with van der Waals surface area (Å²) in [5.74, 6) is -0.900. The molecule has 8 nitrogen and oxygen atoms in total. The minimum Gasteiger partial charge on any atom is -0.384 e. The molecule has 1 aliphatic heterocycles. The van der Waals surface area contributed by atoms with Gasteiger partial charge in [0.15, 0.2) is 9.84 Å². The van der Waals surface area contributed by atoms with Gasteiger partial charge in [0.25, 0.3) is 0 Å². The maximum absolute atomic E-state index is 13.5. The summed E-state index contributed by atoms with van der Waals surface area (Å²) < 4.78 is 32.6. The highest BCUT2D eigenvalue weighted by Crippen LogP contribution is 2.29. The van der Waals surface area contributed by atoms with Crippen molar-refractivity contribution in [2.24, 2.45) is 0 Å². The van der Waals surface area contributed by atoms with Gasteiger partial charge in [-0.15, -0.1) is 11.3 Å². The van der Waals surface area contributed by atoms with Crippen molar-refractivity contribution in [3.05, 3.63) is 65.2 Å². The minimum atomic E-state index is -3.59. The lowest BCUT2D eigenvalue weighted by Gasteiger charge is -2.30. The van der Waals surface area contributed by atoms with Crippen molar-refractivity contribution in [1.82, 2.24) is 15.6 Å². The van der Waals surface area contributed by atoms with Crippen LogP contribution in [0.4, 0.5) is 0 Å². The molecule has 1 saturated heterocycles. The van der Waals surface area contributed by atoms with E-state index >= 15 is 0 Å². The maximum atomic E-state index is 13.5. The number of nitrogens with one attached hydrogen (secondary N) is 2. The van der Waals surface area contributed by atoms with Gasteiger partial charge >= 0.3 is 0 Å². The first-order valence-electron chi connectivity index (χ1n) is 12.8. The number of thiazole rings is 1. The number of sulfone groups is 1. The van der Waals surface area contributed by atoms with Crippen LogP contribution in [0.25, 0.3) is 10.2 Å². The Morgan fingerprint density at radius 1 is 1.14 bits per heavy atom. The van der Waals surface area contributed by atoms with Gasteiger partial charge in [0, 0.05) is 19.3 Å². The SMILES string of the molecule is CCCC(NC(=O)C(CS(=O)(=O)Cc1ccccc1)NC1CCOCC1)[C@@H](O)c1nc2ccccc2s1. The standard InChI is InChI=1S/C27H35N3O5S2/c1-2-8-22(25(31)27-30-21-11-6-7-12-24(21)36-27)29-26(32)23(28-20-13-15-35-16-14-20)18-37(33,34)17-19-9-4-3-5-10-19/h3-7,9-12,20,22-23,25,28,31H,2,8,13-18H2,1H3,(H,29,32)/t22?,23?,25-/m1/s1. The Balaban J connectivity index is 1.51. The van der Waals surface area contributed by atoms with Crippen molar-refractivity contribution in [1.29, 1.82) is 0 Å². The van der Waals surface area contributed by atoms with Crippen LogP contribution in [0.1, 0.15) is 49.3 Å². The lowest BCUT2D eigenvalue weighted by molar-refractivity contribution is -0.124. The first-order chi connectivity index (χ1) is 17.8. The van der Waals surface area contributed by atoms with Crippen molar-refractivity contribution in [3.8, 4) is 0 Å². The number of fused-ring (bicyclic) bond motifs is 1. The van der Waals surface area contributed by atoms with E-state index < -0.39 is 33.9 Å².